The minimum Gasteiger partial charge on any atom is -0.315 e. The fourth-order valence-electron chi connectivity index (χ4n) is 3.11. The summed E-state index contributed by atoms with van der Waals surface area (Å²) >= 11 is 0. The Morgan fingerprint density at radius 3 is 2.89 bits per heavy atom. The van der Waals surface area contributed by atoms with E-state index in [-0.39, 0.29) is 5.69 Å². The van der Waals surface area contributed by atoms with Crippen molar-refractivity contribution in [1.29, 1.82) is 0 Å². The normalized spacial score (nSPS) is 18.2. The molecule has 2 aromatic rings. The van der Waals surface area contributed by atoms with Crippen LogP contribution in [-0.4, -0.2) is 27.3 Å². The SMILES string of the molecule is CNC(Cn1nc2ccccn2c1=O)C1CCCC1. The van der Waals surface area contributed by atoms with Crippen molar-refractivity contribution in [2.45, 2.75) is 38.3 Å². The highest BCUT2D eigenvalue weighted by Crippen LogP contribution is 2.28. The van der Waals surface area contributed by atoms with Gasteiger partial charge in [-0.25, -0.2) is 9.48 Å². The molecule has 0 aromatic carbocycles. The maximum Gasteiger partial charge on any atom is 0.350 e. The lowest BCUT2D eigenvalue weighted by molar-refractivity contribution is 0.325. The molecule has 102 valence electrons. The van der Waals surface area contributed by atoms with Gasteiger partial charge in [0.25, 0.3) is 0 Å². The highest BCUT2D eigenvalue weighted by atomic mass is 16.2. The molecule has 0 saturated heterocycles. The Kier molecular flexibility index (Phi) is 3.38. The molecule has 1 saturated carbocycles. The summed E-state index contributed by atoms with van der Waals surface area (Å²) in [4.78, 5) is 12.2. The minimum absolute atomic E-state index is 0.0474. The minimum atomic E-state index is -0.0474. The van der Waals surface area contributed by atoms with Crippen LogP contribution in [0.4, 0.5) is 0 Å². The van der Waals surface area contributed by atoms with Crippen LogP contribution in [0.5, 0.6) is 0 Å². The van der Waals surface area contributed by atoms with Crippen LogP contribution >= 0.6 is 0 Å². The fraction of sp³-hybridized carbons (Fsp3) is 0.571. The second kappa shape index (κ2) is 5.17. The number of nitrogens with zero attached hydrogens (tertiary/aromatic N) is 3. The topological polar surface area (TPSA) is 51.3 Å². The molecule has 3 rings (SSSR count). The number of hydrogen-bond acceptors (Lipinski definition) is 3. The number of hydrogen-bond donors (Lipinski definition) is 1. The van der Waals surface area contributed by atoms with Gasteiger partial charge in [0, 0.05) is 12.2 Å². The van der Waals surface area contributed by atoms with E-state index in [0.29, 0.717) is 24.2 Å². The van der Waals surface area contributed by atoms with Crippen molar-refractivity contribution in [1.82, 2.24) is 19.5 Å². The van der Waals surface area contributed by atoms with Crippen molar-refractivity contribution >= 4 is 5.65 Å². The maximum atomic E-state index is 12.2. The number of likely N-dealkylation sites (N-methyl/N-ethyl adjacent to an activating group) is 1. The second-order valence-electron chi connectivity index (χ2n) is 5.33. The molecule has 1 unspecified atom stereocenters. The zero-order chi connectivity index (χ0) is 13.2. The van der Waals surface area contributed by atoms with Gasteiger partial charge in [-0.3, -0.25) is 4.40 Å². The molecular weight excluding hydrogens is 240 g/mol. The van der Waals surface area contributed by atoms with Gasteiger partial charge in [0.2, 0.25) is 0 Å². The first-order chi connectivity index (χ1) is 9.29. The van der Waals surface area contributed by atoms with Gasteiger partial charge in [-0.2, -0.15) is 0 Å². The summed E-state index contributed by atoms with van der Waals surface area (Å²) in [5.41, 5.74) is 0.669. The van der Waals surface area contributed by atoms with E-state index in [2.05, 4.69) is 10.4 Å². The molecule has 1 aliphatic rings. The van der Waals surface area contributed by atoms with Crippen molar-refractivity contribution < 1.29 is 0 Å². The first-order valence-electron chi connectivity index (χ1n) is 7.01. The predicted octanol–water partition coefficient (Wildman–Crippen LogP) is 1.27. The summed E-state index contributed by atoms with van der Waals surface area (Å²) in [6.07, 6.45) is 6.90. The number of rotatable bonds is 4. The Hall–Kier alpha value is -1.62. The molecule has 0 bridgehead atoms. The Bertz CT molecular complexity index is 609. The summed E-state index contributed by atoms with van der Waals surface area (Å²) in [6, 6.07) is 5.96. The van der Waals surface area contributed by atoms with Gasteiger partial charge < -0.3 is 5.32 Å². The first kappa shape index (κ1) is 12.4. The summed E-state index contributed by atoms with van der Waals surface area (Å²) in [6.45, 7) is 0.654. The van der Waals surface area contributed by atoms with E-state index >= 15 is 0 Å². The quantitative estimate of drug-likeness (QED) is 0.901. The van der Waals surface area contributed by atoms with Crippen LogP contribution in [0.2, 0.25) is 0 Å². The summed E-state index contributed by atoms with van der Waals surface area (Å²) in [7, 11) is 1.98. The van der Waals surface area contributed by atoms with Crippen LogP contribution < -0.4 is 11.0 Å². The Labute approximate surface area is 112 Å². The smallest absolute Gasteiger partial charge is 0.315 e. The monoisotopic (exact) mass is 260 g/mol. The molecular formula is C14H20N4O. The highest BCUT2D eigenvalue weighted by Gasteiger charge is 2.25. The first-order valence-corrected chi connectivity index (χ1v) is 7.01. The van der Waals surface area contributed by atoms with Crippen molar-refractivity contribution in [3.8, 4) is 0 Å². The van der Waals surface area contributed by atoms with Crippen LogP contribution in [0.25, 0.3) is 5.65 Å². The zero-order valence-electron chi connectivity index (χ0n) is 11.2. The van der Waals surface area contributed by atoms with E-state index in [9.17, 15) is 4.79 Å². The summed E-state index contributed by atoms with van der Waals surface area (Å²) in [5.74, 6) is 0.668. The van der Waals surface area contributed by atoms with Crippen molar-refractivity contribution in [2.75, 3.05) is 7.05 Å². The average molecular weight is 260 g/mol. The lowest BCUT2D eigenvalue weighted by atomic mass is 9.98. The molecule has 5 nitrogen and oxygen atoms in total. The van der Waals surface area contributed by atoms with E-state index in [1.54, 1.807) is 15.3 Å². The zero-order valence-corrected chi connectivity index (χ0v) is 11.2. The maximum absolute atomic E-state index is 12.2. The van der Waals surface area contributed by atoms with Crippen molar-refractivity contribution in [2.24, 2.45) is 5.92 Å². The summed E-state index contributed by atoms with van der Waals surface area (Å²) in [5, 5.41) is 7.75. The molecule has 1 fully saturated rings. The molecule has 0 aliphatic heterocycles. The van der Waals surface area contributed by atoms with Crippen molar-refractivity contribution in [3.63, 3.8) is 0 Å². The van der Waals surface area contributed by atoms with Gasteiger partial charge in [0.15, 0.2) is 5.65 Å². The number of nitrogens with one attached hydrogen (secondary N) is 1. The molecule has 1 atom stereocenters. The van der Waals surface area contributed by atoms with E-state index in [0.717, 1.165) is 0 Å². The number of pyridine rings is 1. The standard InChI is InChI=1S/C14H20N4O/c1-15-12(11-6-2-3-7-11)10-18-14(19)17-9-5-4-8-13(17)16-18/h4-5,8-9,11-12,15H,2-3,6-7,10H2,1H3. The lowest BCUT2D eigenvalue weighted by Crippen LogP contribution is -2.39. The van der Waals surface area contributed by atoms with E-state index in [1.165, 1.54) is 25.7 Å². The van der Waals surface area contributed by atoms with Crippen LogP contribution in [-0.2, 0) is 6.54 Å². The predicted molar refractivity (Wildman–Crippen MR) is 74.3 cm³/mol. The van der Waals surface area contributed by atoms with E-state index < -0.39 is 0 Å². The molecule has 1 N–H and O–H groups in total. The molecule has 0 spiro atoms. The number of aromatic nitrogens is 3. The number of fused-ring (bicyclic) bond motifs is 1. The van der Waals surface area contributed by atoms with Crippen molar-refractivity contribution in [3.05, 3.63) is 34.9 Å². The third kappa shape index (κ3) is 2.30. The van der Waals surface area contributed by atoms with Gasteiger partial charge in [-0.15, -0.1) is 5.10 Å². The fourth-order valence-corrected chi connectivity index (χ4v) is 3.11. The van der Waals surface area contributed by atoms with E-state index in [1.807, 2.05) is 25.2 Å². The van der Waals surface area contributed by atoms with Gasteiger partial charge >= 0.3 is 5.69 Å². The third-order valence-corrected chi connectivity index (χ3v) is 4.20. The molecule has 2 heterocycles. The highest BCUT2D eigenvalue weighted by molar-refractivity contribution is 5.35. The van der Waals surface area contributed by atoms with Crippen LogP contribution in [0, 0.1) is 5.92 Å². The second-order valence-corrected chi connectivity index (χ2v) is 5.33. The Morgan fingerprint density at radius 2 is 2.21 bits per heavy atom. The molecule has 0 amide bonds. The molecule has 19 heavy (non-hydrogen) atoms. The van der Waals surface area contributed by atoms with Gasteiger partial charge in [0.1, 0.15) is 0 Å². The van der Waals surface area contributed by atoms with Crippen LogP contribution in [0.3, 0.4) is 0 Å². The average Bonchev–Trinajstić information content (AvgIpc) is 3.06. The van der Waals surface area contributed by atoms with Gasteiger partial charge in [0.05, 0.1) is 6.54 Å². The molecule has 0 radical (unpaired) electrons. The van der Waals surface area contributed by atoms with Gasteiger partial charge in [-0.1, -0.05) is 18.9 Å². The summed E-state index contributed by atoms with van der Waals surface area (Å²) < 4.78 is 3.19. The van der Waals surface area contributed by atoms with Crippen LogP contribution in [0.15, 0.2) is 29.2 Å². The Balaban J connectivity index is 1.87. The molecule has 5 heteroatoms. The van der Waals surface area contributed by atoms with E-state index in [4.69, 9.17) is 0 Å². The van der Waals surface area contributed by atoms with Crippen LogP contribution in [0.1, 0.15) is 25.7 Å². The van der Waals surface area contributed by atoms with Gasteiger partial charge in [-0.05, 0) is 37.9 Å². The largest absolute Gasteiger partial charge is 0.350 e. The lowest BCUT2D eigenvalue weighted by Gasteiger charge is -2.22. The molecule has 1 aliphatic carbocycles. The Morgan fingerprint density at radius 1 is 1.42 bits per heavy atom. The molecule has 2 aromatic heterocycles. The third-order valence-electron chi connectivity index (χ3n) is 4.20.